The SMILES string of the molecule is CC(C)NCc1nnnn1CC1CCCS1(=O)=O. The number of nitrogens with one attached hydrogen (secondary N) is 1. The van der Waals surface area contributed by atoms with Crippen molar-refractivity contribution in [3.8, 4) is 0 Å². The summed E-state index contributed by atoms with van der Waals surface area (Å²) in [5.74, 6) is 0.977. The van der Waals surface area contributed by atoms with E-state index >= 15 is 0 Å². The zero-order valence-electron chi connectivity index (χ0n) is 10.7. The molecule has 0 aliphatic carbocycles. The molecule has 0 spiro atoms. The highest BCUT2D eigenvalue weighted by Crippen LogP contribution is 2.21. The van der Waals surface area contributed by atoms with Gasteiger partial charge in [-0.15, -0.1) is 5.10 Å². The Hall–Kier alpha value is -1.02. The van der Waals surface area contributed by atoms with Gasteiger partial charge in [0, 0.05) is 6.04 Å². The minimum absolute atomic E-state index is 0.291. The lowest BCUT2D eigenvalue weighted by molar-refractivity contribution is 0.494. The standard InChI is InChI=1S/C10H19N5O2S/c1-8(2)11-6-10-12-13-14-15(10)7-9-4-3-5-18(9,16)17/h8-9,11H,3-7H2,1-2H3. The summed E-state index contributed by atoms with van der Waals surface area (Å²) in [5.41, 5.74) is 0. The fourth-order valence-electron chi connectivity index (χ4n) is 2.04. The molecule has 1 aliphatic rings. The quantitative estimate of drug-likeness (QED) is 0.795. The summed E-state index contributed by atoms with van der Waals surface area (Å²) in [6.07, 6.45) is 1.45. The minimum Gasteiger partial charge on any atom is -0.308 e. The van der Waals surface area contributed by atoms with E-state index in [2.05, 4.69) is 20.8 Å². The summed E-state index contributed by atoms with van der Waals surface area (Å²) in [7, 11) is -2.95. The van der Waals surface area contributed by atoms with Crippen molar-refractivity contribution in [3.63, 3.8) is 0 Å². The zero-order valence-corrected chi connectivity index (χ0v) is 11.5. The summed E-state index contributed by atoms with van der Waals surface area (Å²) < 4.78 is 25.1. The zero-order chi connectivity index (χ0) is 13.2. The lowest BCUT2D eigenvalue weighted by Gasteiger charge is -2.11. The average molecular weight is 273 g/mol. The smallest absolute Gasteiger partial charge is 0.165 e. The summed E-state index contributed by atoms with van der Waals surface area (Å²) >= 11 is 0. The topological polar surface area (TPSA) is 89.8 Å². The third-order valence-electron chi connectivity index (χ3n) is 3.11. The molecule has 1 fully saturated rings. The maximum absolute atomic E-state index is 11.8. The number of hydrogen-bond donors (Lipinski definition) is 1. The lowest BCUT2D eigenvalue weighted by Crippen LogP contribution is -2.28. The number of aromatic nitrogens is 4. The molecule has 1 N–H and O–H groups in total. The summed E-state index contributed by atoms with van der Waals surface area (Å²) in [5, 5.41) is 14.3. The van der Waals surface area contributed by atoms with E-state index < -0.39 is 9.84 Å². The van der Waals surface area contributed by atoms with Gasteiger partial charge in [0.2, 0.25) is 0 Å². The van der Waals surface area contributed by atoms with Crippen LogP contribution in [0.1, 0.15) is 32.5 Å². The average Bonchev–Trinajstić information content (AvgIpc) is 2.84. The molecular formula is C10H19N5O2S. The lowest BCUT2D eigenvalue weighted by atomic mass is 10.2. The van der Waals surface area contributed by atoms with Crippen LogP contribution < -0.4 is 5.32 Å². The normalized spacial score (nSPS) is 22.7. The Labute approximate surface area is 107 Å². The van der Waals surface area contributed by atoms with E-state index in [-0.39, 0.29) is 5.25 Å². The maximum Gasteiger partial charge on any atom is 0.165 e. The molecule has 1 atom stereocenters. The molecular weight excluding hydrogens is 254 g/mol. The van der Waals surface area contributed by atoms with E-state index in [0.29, 0.717) is 37.1 Å². The minimum atomic E-state index is -2.95. The summed E-state index contributed by atoms with van der Waals surface area (Å²) in [4.78, 5) is 0. The number of nitrogens with zero attached hydrogens (tertiary/aromatic N) is 4. The van der Waals surface area contributed by atoms with Crippen LogP contribution in [-0.2, 0) is 22.9 Å². The molecule has 0 radical (unpaired) electrons. The van der Waals surface area contributed by atoms with Crippen molar-refractivity contribution in [1.82, 2.24) is 25.5 Å². The Balaban J connectivity index is 2.03. The van der Waals surface area contributed by atoms with Crippen LogP contribution in [0.5, 0.6) is 0 Å². The molecule has 1 aromatic heterocycles. The first-order chi connectivity index (χ1) is 8.49. The number of hydrogen-bond acceptors (Lipinski definition) is 6. The number of rotatable bonds is 5. The molecule has 2 rings (SSSR count). The molecule has 1 aliphatic heterocycles. The molecule has 102 valence electrons. The van der Waals surface area contributed by atoms with E-state index in [4.69, 9.17) is 0 Å². The molecule has 1 saturated heterocycles. The van der Waals surface area contributed by atoms with Crippen molar-refractivity contribution in [2.75, 3.05) is 5.75 Å². The van der Waals surface area contributed by atoms with Gasteiger partial charge in [-0.3, -0.25) is 0 Å². The van der Waals surface area contributed by atoms with Gasteiger partial charge >= 0.3 is 0 Å². The second-order valence-corrected chi connectivity index (χ2v) is 7.34. The molecule has 8 heteroatoms. The molecule has 2 heterocycles. The summed E-state index contributed by atoms with van der Waals surface area (Å²) in [6, 6.07) is 0.338. The van der Waals surface area contributed by atoms with Gasteiger partial charge in [0.15, 0.2) is 15.7 Å². The first-order valence-electron chi connectivity index (χ1n) is 6.19. The molecule has 7 nitrogen and oxygen atoms in total. The van der Waals surface area contributed by atoms with Crippen LogP contribution in [0.2, 0.25) is 0 Å². The van der Waals surface area contributed by atoms with Crippen LogP contribution in [0.3, 0.4) is 0 Å². The first-order valence-corrected chi connectivity index (χ1v) is 7.90. The molecule has 0 saturated carbocycles. The predicted octanol–water partition coefficient (Wildman–Crippen LogP) is -0.252. The van der Waals surface area contributed by atoms with Gasteiger partial charge in [-0.05, 0) is 23.3 Å². The Morgan fingerprint density at radius 1 is 1.50 bits per heavy atom. The molecule has 0 aromatic carbocycles. The summed E-state index contributed by atoms with van der Waals surface area (Å²) in [6.45, 7) is 4.99. The molecule has 0 amide bonds. The predicted molar refractivity (Wildman–Crippen MR) is 66.6 cm³/mol. The Bertz CT molecular complexity index is 496. The van der Waals surface area contributed by atoms with Crippen LogP contribution in [0.4, 0.5) is 0 Å². The maximum atomic E-state index is 11.8. The van der Waals surface area contributed by atoms with Crippen molar-refractivity contribution >= 4 is 9.84 Å². The van der Waals surface area contributed by atoms with Crippen LogP contribution >= 0.6 is 0 Å². The van der Waals surface area contributed by atoms with E-state index in [1.54, 1.807) is 4.68 Å². The largest absolute Gasteiger partial charge is 0.308 e. The van der Waals surface area contributed by atoms with Crippen molar-refractivity contribution in [3.05, 3.63) is 5.82 Å². The highest BCUT2D eigenvalue weighted by Gasteiger charge is 2.32. The van der Waals surface area contributed by atoms with Gasteiger partial charge in [0.1, 0.15) is 0 Å². The van der Waals surface area contributed by atoms with Gasteiger partial charge in [0.25, 0.3) is 0 Å². The second-order valence-electron chi connectivity index (χ2n) is 4.94. The van der Waals surface area contributed by atoms with Crippen molar-refractivity contribution in [2.45, 2.75) is 51.1 Å². The van der Waals surface area contributed by atoms with Crippen molar-refractivity contribution in [2.24, 2.45) is 0 Å². The van der Waals surface area contributed by atoms with Crippen molar-refractivity contribution in [1.29, 1.82) is 0 Å². The van der Waals surface area contributed by atoms with Gasteiger partial charge in [-0.25, -0.2) is 13.1 Å². The van der Waals surface area contributed by atoms with Gasteiger partial charge in [0.05, 0.1) is 24.1 Å². The Kier molecular flexibility index (Phi) is 3.96. The van der Waals surface area contributed by atoms with E-state index in [0.717, 1.165) is 6.42 Å². The van der Waals surface area contributed by atoms with Crippen molar-refractivity contribution < 1.29 is 8.42 Å². The third kappa shape index (κ3) is 3.05. The monoisotopic (exact) mass is 273 g/mol. The first kappa shape index (κ1) is 13.4. The fraction of sp³-hybridized carbons (Fsp3) is 0.900. The molecule has 0 bridgehead atoms. The fourth-order valence-corrected chi connectivity index (χ4v) is 3.84. The third-order valence-corrected chi connectivity index (χ3v) is 5.37. The highest BCUT2D eigenvalue weighted by atomic mass is 32.2. The molecule has 1 unspecified atom stereocenters. The van der Waals surface area contributed by atoms with Gasteiger partial charge < -0.3 is 5.32 Å². The second kappa shape index (κ2) is 5.31. The van der Waals surface area contributed by atoms with E-state index in [1.165, 1.54) is 0 Å². The number of sulfone groups is 1. The Morgan fingerprint density at radius 2 is 2.28 bits per heavy atom. The van der Waals surface area contributed by atoms with Crippen LogP contribution in [-0.4, -0.2) is 45.7 Å². The van der Waals surface area contributed by atoms with Gasteiger partial charge in [-0.2, -0.15) is 0 Å². The Morgan fingerprint density at radius 3 is 2.89 bits per heavy atom. The molecule has 18 heavy (non-hydrogen) atoms. The van der Waals surface area contributed by atoms with Crippen LogP contribution in [0, 0.1) is 0 Å². The van der Waals surface area contributed by atoms with E-state index in [1.807, 2.05) is 13.8 Å². The van der Waals surface area contributed by atoms with Gasteiger partial charge in [-0.1, -0.05) is 13.8 Å². The van der Waals surface area contributed by atoms with E-state index in [9.17, 15) is 8.42 Å². The highest BCUT2D eigenvalue weighted by molar-refractivity contribution is 7.92. The van der Waals surface area contributed by atoms with Crippen LogP contribution in [0.25, 0.3) is 0 Å². The molecule has 1 aromatic rings. The number of tetrazole rings is 1. The van der Waals surface area contributed by atoms with Crippen LogP contribution in [0.15, 0.2) is 0 Å².